The molecule has 0 aliphatic heterocycles. The van der Waals surface area contributed by atoms with Crippen molar-refractivity contribution >= 4 is 6.29 Å². The Labute approximate surface area is 86.9 Å². The number of aldehydes is 1. The predicted octanol–water partition coefficient (Wildman–Crippen LogP) is 1.79. The van der Waals surface area contributed by atoms with Gasteiger partial charge in [0.15, 0.2) is 0 Å². The zero-order chi connectivity index (χ0) is 10.7. The van der Waals surface area contributed by atoms with E-state index in [0.29, 0.717) is 18.2 Å². The average molecular weight is 202 g/mol. The van der Waals surface area contributed by atoms with Crippen LogP contribution >= 0.6 is 0 Å². The highest BCUT2D eigenvalue weighted by atomic mass is 16.4. The van der Waals surface area contributed by atoms with E-state index in [9.17, 15) is 4.79 Å². The number of hydrogen-bond donors (Lipinski definition) is 0. The van der Waals surface area contributed by atoms with Crippen LogP contribution < -0.4 is 0 Å². The molecule has 1 heterocycles. The molecule has 0 fully saturated rings. The minimum atomic E-state index is 0.434. The van der Waals surface area contributed by atoms with Crippen molar-refractivity contribution in [1.29, 1.82) is 0 Å². The van der Waals surface area contributed by atoms with Gasteiger partial charge in [0.1, 0.15) is 6.29 Å². The molecule has 15 heavy (non-hydrogen) atoms. The van der Waals surface area contributed by atoms with Gasteiger partial charge in [-0.3, -0.25) is 0 Å². The van der Waals surface area contributed by atoms with Crippen LogP contribution in [0.3, 0.4) is 0 Å². The summed E-state index contributed by atoms with van der Waals surface area (Å²) in [6.45, 7) is 1.75. The minimum Gasteiger partial charge on any atom is -0.421 e. The number of carbonyl (C=O) groups is 1. The Kier molecular flexibility index (Phi) is 2.58. The van der Waals surface area contributed by atoms with Crippen LogP contribution in [0.25, 0.3) is 11.5 Å². The Morgan fingerprint density at radius 2 is 2.00 bits per heavy atom. The topological polar surface area (TPSA) is 56.0 Å². The summed E-state index contributed by atoms with van der Waals surface area (Å²) in [5, 5.41) is 7.65. The highest BCUT2D eigenvalue weighted by Gasteiger charge is 2.04. The van der Waals surface area contributed by atoms with Gasteiger partial charge < -0.3 is 9.21 Å². The van der Waals surface area contributed by atoms with Crippen molar-refractivity contribution in [3.8, 4) is 11.5 Å². The second-order valence-corrected chi connectivity index (χ2v) is 3.19. The summed E-state index contributed by atoms with van der Waals surface area (Å²) < 4.78 is 5.28. The van der Waals surface area contributed by atoms with Crippen LogP contribution in [0.2, 0.25) is 0 Å². The van der Waals surface area contributed by atoms with E-state index in [0.717, 1.165) is 17.4 Å². The van der Waals surface area contributed by atoms with Crippen LogP contribution in [0.4, 0.5) is 0 Å². The molecule has 1 aromatic heterocycles. The first-order valence-electron chi connectivity index (χ1n) is 4.62. The molecular weight excluding hydrogens is 192 g/mol. The third-order valence-electron chi connectivity index (χ3n) is 2.05. The van der Waals surface area contributed by atoms with Gasteiger partial charge in [0.2, 0.25) is 11.8 Å². The van der Waals surface area contributed by atoms with Crippen LogP contribution in [0.1, 0.15) is 11.5 Å². The number of benzene rings is 1. The molecule has 4 nitrogen and oxygen atoms in total. The summed E-state index contributed by atoms with van der Waals surface area (Å²) in [5.41, 5.74) is 1.84. The van der Waals surface area contributed by atoms with Gasteiger partial charge in [-0.25, -0.2) is 0 Å². The van der Waals surface area contributed by atoms with Gasteiger partial charge in [-0.05, 0) is 17.7 Å². The summed E-state index contributed by atoms with van der Waals surface area (Å²) in [6.07, 6.45) is 1.31. The van der Waals surface area contributed by atoms with E-state index < -0.39 is 0 Å². The van der Waals surface area contributed by atoms with Gasteiger partial charge in [0, 0.05) is 18.9 Å². The lowest BCUT2D eigenvalue weighted by atomic mass is 10.1. The summed E-state index contributed by atoms with van der Waals surface area (Å²) in [7, 11) is 0. The monoisotopic (exact) mass is 202 g/mol. The maximum absolute atomic E-state index is 10.3. The summed E-state index contributed by atoms with van der Waals surface area (Å²) in [5.74, 6) is 1.05. The molecule has 76 valence electrons. The Balaban J connectivity index is 2.27. The maximum atomic E-state index is 10.3. The van der Waals surface area contributed by atoms with Gasteiger partial charge in [-0.1, -0.05) is 12.1 Å². The van der Waals surface area contributed by atoms with Crippen molar-refractivity contribution in [2.45, 2.75) is 13.3 Å². The highest BCUT2D eigenvalue weighted by Crippen LogP contribution is 2.17. The Morgan fingerprint density at radius 3 is 2.53 bits per heavy atom. The molecular formula is C11H10N2O2. The fraction of sp³-hybridized carbons (Fsp3) is 0.182. The van der Waals surface area contributed by atoms with Gasteiger partial charge >= 0.3 is 0 Å². The summed E-state index contributed by atoms with van der Waals surface area (Å²) >= 11 is 0. The Bertz CT molecular complexity index is 460. The van der Waals surface area contributed by atoms with Crippen molar-refractivity contribution < 1.29 is 9.21 Å². The first-order chi connectivity index (χ1) is 7.29. The zero-order valence-electron chi connectivity index (χ0n) is 8.30. The summed E-state index contributed by atoms with van der Waals surface area (Å²) in [4.78, 5) is 10.3. The largest absolute Gasteiger partial charge is 0.421 e. The number of hydrogen-bond acceptors (Lipinski definition) is 4. The second-order valence-electron chi connectivity index (χ2n) is 3.19. The molecule has 0 saturated heterocycles. The van der Waals surface area contributed by atoms with E-state index in [1.54, 1.807) is 6.92 Å². The molecule has 0 bridgehead atoms. The number of nitrogens with zero attached hydrogens (tertiary/aromatic N) is 2. The van der Waals surface area contributed by atoms with Crippen molar-refractivity contribution in [1.82, 2.24) is 10.2 Å². The first kappa shape index (κ1) is 9.58. The van der Waals surface area contributed by atoms with Crippen LogP contribution in [-0.4, -0.2) is 16.5 Å². The normalized spacial score (nSPS) is 10.2. The van der Waals surface area contributed by atoms with Crippen LogP contribution in [0.5, 0.6) is 0 Å². The third kappa shape index (κ3) is 2.10. The van der Waals surface area contributed by atoms with E-state index in [4.69, 9.17) is 4.42 Å². The molecule has 0 atom stereocenters. The van der Waals surface area contributed by atoms with E-state index in [1.165, 1.54) is 0 Å². The summed E-state index contributed by atoms with van der Waals surface area (Å²) in [6, 6.07) is 7.49. The molecule has 0 unspecified atom stereocenters. The molecule has 0 aliphatic carbocycles. The molecule has 1 aromatic carbocycles. The molecule has 0 amide bonds. The lowest BCUT2D eigenvalue weighted by Gasteiger charge is -1.96. The van der Waals surface area contributed by atoms with Crippen molar-refractivity contribution in [3.63, 3.8) is 0 Å². The maximum Gasteiger partial charge on any atom is 0.247 e. The minimum absolute atomic E-state index is 0.434. The van der Waals surface area contributed by atoms with E-state index in [-0.39, 0.29) is 0 Å². The fourth-order valence-electron chi connectivity index (χ4n) is 1.29. The fourth-order valence-corrected chi connectivity index (χ4v) is 1.29. The van der Waals surface area contributed by atoms with Crippen molar-refractivity contribution in [3.05, 3.63) is 35.7 Å². The van der Waals surface area contributed by atoms with E-state index in [1.807, 2.05) is 24.3 Å². The molecule has 0 saturated carbocycles. The van der Waals surface area contributed by atoms with Gasteiger partial charge in [-0.15, -0.1) is 10.2 Å². The molecule has 2 rings (SSSR count). The molecule has 0 N–H and O–H groups in total. The number of rotatable bonds is 3. The quantitative estimate of drug-likeness (QED) is 0.712. The van der Waals surface area contributed by atoms with Crippen LogP contribution in [0, 0.1) is 6.92 Å². The van der Waals surface area contributed by atoms with E-state index >= 15 is 0 Å². The average Bonchev–Trinajstić information content (AvgIpc) is 2.67. The van der Waals surface area contributed by atoms with Gasteiger partial charge in [0.05, 0.1) is 0 Å². The molecule has 4 heteroatoms. The first-order valence-corrected chi connectivity index (χ1v) is 4.62. The van der Waals surface area contributed by atoms with Crippen LogP contribution in [0.15, 0.2) is 28.7 Å². The molecule has 0 radical (unpaired) electrons. The smallest absolute Gasteiger partial charge is 0.247 e. The number of aryl methyl sites for hydroxylation is 1. The van der Waals surface area contributed by atoms with E-state index in [2.05, 4.69) is 10.2 Å². The van der Waals surface area contributed by atoms with Crippen LogP contribution in [-0.2, 0) is 11.2 Å². The Morgan fingerprint density at radius 1 is 1.27 bits per heavy atom. The number of aromatic nitrogens is 2. The van der Waals surface area contributed by atoms with Crippen molar-refractivity contribution in [2.75, 3.05) is 0 Å². The standard InChI is InChI=1S/C11H10N2O2/c1-8-12-13-11(15-8)10-4-2-9(3-5-10)6-7-14/h2-5,7H,6H2,1H3. The second kappa shape index (κ2) is 4.04. The Hall–Kier alpha value is -1.97. The zero-order valence-corrected chi connectivity index (χ0v) is 8.30. The third-order valence-corrected chi connectivity index (χ3v) is 2.05. The molecule has 2 aromatic rings. The van der Waals surface area contributed by atoms with Crippen molar-refractivity contribution in [2.24, 2.45) is 0 Å². The van der Waals surface area contributed by atoms with Gasteiger partial charge in [-0.2, -0.15) is 0 Å². The molecule has 0 aliphatic rings. The molecule has 0 spiro atoms. The predicted molar refractivity (Wildman–Crippen MR) is 54.2 cm³/mol. The SMILES string of the molecule is Cc1nnc(-c2ccc(CC=O)cc2)o1. The number of carbonyl (C=O) groups excluding carboxylic acids is 1. The van der Waals surface area contributed by atoms with Gasteiger partial charge in [0.25, 0.3) is 0 Å². The lowest BCUT2D eigenvalue weighted by molar-refractivity contribution is -0.107. The highest BCUT2D eigenvalue weighted by molar-refractivity contribution is 5.58. The lowest BCUT2D eigenvalue weighted by Crippen LogP contribution is -1.85.